The first-order valence-electron chi connectivity index (χ1n) is 10.9. The van der Waals surface area contributed by atoms with Gasteiger partial charge in [-0.2, -0.15) is 0 Å². The van der Waals surface area contributed by atoms with Gasteiger partial charge in [0.15, 0.2) is 0 Å². The normalized spacial score (nSPS) is 10.9. The van der Waals surface area contributed by atoms with E-state index in [9.17, 15) is 4.79 Å². The van der Waals surface area contributed by atoms with E-state index in [0.717, 1.165) is 33.2 Å². The average Bonchev–Trinajstić information content (AvgIpc) is 3.25. The van der Waals surface area contributed by atoms with Gasteiger partial charge in [-0.3, -0.25) is 4.79 Å². The van der Waals surface area contributed by atoms with Crippen molar-refractivity contribution in [3.05, 3.63) is 83.6 Å². The highest BCUT2D eigenvalue weighted by molar-refractivity contribution is 5.86. The van der Waals surface area contributed by atoms with Crippen LogP contribution in [0.2, 0.25) is 0 Å². The molecule has 0 aliphatic heterocycles. The number of hydrogen-bond donors (Lipinski definition) is 1. The maximum Gasteiger partial charge on any atom is 0.310 e. The zero-order chi connectivity index (χ0) is 23.2. The molecule has 6 heteroatoms. The first-order chi connectivity index (χ1) is 16.1. The molecule has 2 N–H and O–H groups in total. The second-order valence-corrected chi connectivity index (χ2v) is 7.62. The lowest BCUT2D eigenvalue weighted by molar-refractivity contribution is -0.142. The van der Waals surface area contributed by atoms with Crippen molar-refractivity contribution in [2.75, 3.05) is 13.7 Å². The van der Waals surface area contributed by atoms with Crippen molar-refractivity contribution < 1.29 is 23.4 Å². The second-order valence-electron chi connectivity index (χ2n) is 7.62. The Morgan fingerprint density at radius 3 is 2.64 bits per heavy atom. The predicted octanol–water partition coefficient (Wildman–Crippen LogP) is 5.25. The van der Waals surface area contributed by atoms with Gasteiger partial charge in [-0.1, -0.05) is 24.3 Å². The molecule has 0 unspecified atom stereocenters. The van der Waals surface area contributed by atoms with Crippen molar-refractivity contribution in [1.29, 1.82) is 0 Å². The minimum absolute atomic E-state index is 0.105. The summed E-state index contributed by atoms with van der Waals surface area (Å²) in [5, 5.41) is 0.978. The first-order valence-corrected chi connectivity index (χ1v) is 10.9. The summed E-state index contributed by atoms with van der Waals surface area (Å²) in [6.45, 7) is 2.90. The molecule has 33 heavy (non-hydrogen) atoms. The summed E-state index contributed by atoms with van der Waals surface area (Å²) in [5.74, 6) is 0.943. The van der Waals surface area contributed by atoms with Crippen molar-refractivity contribution in [2.24, 2.45) is 5.73 Å². The number of methoxy groups -OCH3 is 1. The van der Waals surface area contributed by atoms with Gasteiger partial charge in [-0.15, -0.1) is 0 Å². The minimum Gasteiger partial charge on any atom is -0.497 e. The van der Waals surface area contributed by atoms with Crippen molar-refractivity contribution in [2.45, 2.75) is 26.5 Å². The molecule has 170 valence electrons. The van der Waals surface area contributed by atoms with Crippen LogP contribution < -0.4 is 15.2 Å². The van der Waals surface area contributed by atoms with Gasteiger partial charge in [0.05, 0.1) is 26.4 Å². The van der Waals surface area contributed by atoms with Crippen LogP contribution in [0.25, 0.3) is 22.1 Å². The third-order valence-electron chi connectivity index (χ3n) is 5.44. The Bertz CT molecular complexity index is 1260. The maximum atomic E-state index is 12.0. The fourth-order valence-electron chi connectivity index (χ4n) is 3.74. The van der Waals surface area contributed by atoms with Gasteiger partial charge in [0, 0.05) is 23.1 Å². The van der Waals surface area contributed by atoms with Gasteiger partial charge in [0.1, 0.15) is 23.7 Å². The predicted molar refractivity (Wildman–Crippen MR) is 127 cm³/mol. The van der Waals surface area contributed by atoms with E-state index in [1.807, 2.05) is 24.3 Å². The average molecular weight is 446 g/mol. The molecule has 1 heterocycles. The third-order valence-corrected chi connectivity index (χ3v) is 5.44. The van der Waals surface area contributed by atoms with E-state index in [2.05, 4.69) is 18.2 Å². The minimum atomic E-state index is -0.311. The zero-order valence-electron chi connectivity index (χ0n) is 18.8. The molecule has 3 aromatic carbocycles. The summed E-state index contributed by atoms with van der Waals surface area (Å²) in [4.78, 5) is 12.0. The molecule has 0 aliphatic rings. The van der Waals surface area contributed by atoms with Crippen LogP contribution in [-0.2, 0) is 29.1 Å². The fraction of sp³-hybridized carbons (Fsp3) is 0.222. The van der Waals surface area contributed by atoms with Crippen LogP contribution >= 0.6 is 0 Å². The largest absolute Gasteiger partial charge is 0.497 e. The number of carbonyl (C=O) groups is 1. The van der Waals surface area contributed by atoms with E-state index in [1.54, 1.807) is 38.5 Å². The molecule has 0 fully saturated rings. The highest BCUT2D eigenvalue weighted by Gasteiger charge is 2.14. The van der Waals surface area contributed by atoms with E-state index in [1.165, 1.54) is 0 Å². The number of hydrogen-bond acceptors (Lipinski definition) is 6. The summed E-state index contributed by atoms with van der Waals surface area (Å²) in [5.41, 5.74) is 11.5. The summed E-state index contributed by atoms with van der Waals surface area (Å²) in [6, 6.07) is 19.7. The Balaban J connectivity index is 1.59. The highest BCUT2D eigenvalue weighted by Crippen LogP contribution is 2.31. The SMILES string of the molecule is CCOC(=O)Cc1cc(OC)ccc1OCc1coc2ccc(-c3cccc(CN)c3)cc12. The zero-order valence-corrected chi connectivity index (χ0v) is 18.8. The number of esters is 1. The quantitative estimate of drug-likeness (QED) is 0.354. The number of furan rings is 1. The fourth-order valence-corrected chi connectivity index (χ4v) is 3.74. The van der Waals surface area contributed by atoms with E-state index in [0.29, 0.717) is 36.8 Å². The van der Waals surface area contributed by atoms with Crippen LogP contribution in [0.3, 0.4) is 0 Å². The molecule has 6 nitrogen and oxygen atoms in total. The van der Waals surface area contributed by atoms with Crippen LogP contribution in [0.1, 0.15) is 23.6 Å². The third kappa shape index (κ3) is 5.18. The van der Waals surface area contributed by atoms with Crippen molar-refractivity contribution >= 4 is 16.9 Å². The number of rotatable bonds is 9. The Labute approximate surface area is 192 Å². The number of fused-ring (bicyclic) bond motifs is 1. The van der Waals surface area contributed by atoms with Gasteiger partial charge < -0.3 is 24.4 Å². The summed E-state index contributed by atoms with van der Waals surface area (Å²) >= 11 is 0. The van der Waals surface area contributed by atoms with Crippen molar-refractivity contribution in [3.8, 4) is 22.6 Å². The molecule has 0 spiro atoms. The second kappa shape index (κ2) is 10.2. The molecular formula is C27H27NO5. The van der Waals surface area contributed by atoms with Crippen LogP contribution in [0.15, 0.2) is 71.3 Å². The molecule has 0 atom stereocenters. The van der Waals surface area contributed by atoms with E-state index >= 15 is 0 Å². The van der Waals surface area contributed by atoms with Crippen LogP contribution in [0.5, 0.6) is 11.5 Å². The Kier molecular flexibility index (Phi) is 6.95. The number of ether oxygens (including phenoxy) is 3. The van der Waals surface area contributed by atoms with Crippen LogP contribution in [0.4, 0.5) is 0 Å². The molecule has 1 aromatic heterocycles. The molecule has 0 aliphatic carbocycles. The first kappa shape index (κ1) is 22.4. The van der Waals surface area contributed by atoms with Gasteiger partial charge in [-0.25, -0.2) is 0 Å². The number of carbonyl (C=O) groups excluding carboxylic acids is 1. The summed E-state index contributed by atoms with van der Waals surface area (Å²) < 4.78 is 22.2. The van der Waals surface area contributed by atoms with Crippen LogP contribution in [0, 0.1) is 0 Å². The Morgan fingerprint density at radius 1 is 1.00 bits per heavy atom. The number of benzene rings is 3. The topological polar surface area (TPSA) is 83.9 Å². The molecule has 0 saturated heterocycles. The monoisotopic (exact) mass is 445 g/mol. The van der Waals surface area contributed by atoms with Gasteiger partial charge in [0.25, 0.3) is 0 Å². The van der Waals surface area contributed by atoms with Crippen LogP contribution in [-0.4, -0.2) is 19.7 Å². The molecule has 0 bridgehead atoms. The highest BCUT2D eigenvalue weighted by atomic mass is 16.5. The standard InChI is InChI=1S/C27H27NO5/c1-3-31-27(29)14-21-12-23(30-2)8-10-25(21)32-16-22-17-33-26-9-7-20(13-24(22)26)19-6-4-5-18(11-19)15-28/h4-13,17H,3,14-16,28H2,1-2H3. The smallest absolute Gasteiger partial charge is 0.310 e. The lowest BCUT2D eigenvalue weighted by Gasteiger charge is -2.12. The molecule has 4 rings (SSSR count). The lowest BCUT2D eigenvalue weighted by atomic mass is 10.0. The van der Waals surface area contributed by atoms with Gasteiger partial charge in [0.2, 0.25) is 0 Å². The van der Waals surface area contributed by atoms with Crippen molar-refractivity contribution in [3.63, 3.8) is 0 Å². The summed E-state index contributed by atoms with van der Waals surface area (Å²) in [7, 11) is 1.59. The molecule has 0 amide bonds. The Morgan fingerprint density at radius 2 is 1.85 bits per heavy atom. The number of nitrogens with two attached hydrogens (primary N) is 1. The van der Waals surface area contributed by atoms with Crippen molar-refractivity contribution in [1.82, 2.24) is 0 Å². The Hall–Kier alpha value is -3.77. The molecule has 0 saturated carbocycles. The lowest BCUT2D eigenvalue weighted by Crippen LogP contribution is -2.09. The van der Waals surface area contributed by atoms with E-state index in [4.69, 9.17) is 24.4 Å². The molecule has 4 aromatic rings. The summed E-state index contributed by atoms with van der Waals surface area (Å²) in [6.07, 6.45) is 1.81. The molecule has 0 radical (unpaired) electrons. The molecular weight excluding hydrogens is 418 g/mol. The van der Waals surface area contributed by atoms with E-state index < -0.39 is 0 Å². The van der Waals surface area contributed by atoms with Gasteiger partial charge >= 0.3 is 5.97 Å². The van der Waals surface area contributed by atoms with Gasteiger partial charge in [-0.05, 0) is 60.0 Å². The maximum absolute atomic E-state index is 12.0. The van der Waals surface area contributed by atoms with E-state index in [-0.39, 0.29) is 12.4 Å².